The SMILES string of the molecule is O=C(Nc1cccc(C(F)(F)F)c1)c1cccc(NC(=O)C2CCCCC2)c1. The lowest BCUT2D eigenvalue weighted by Gasteiger charge is -2.20. The summed E-state index contributed by atoms with van der Waals surface area (Å²) >= 11 is 0. The quantitative estimate of drug-likeness (QED) is 0.727. The number of anilines is 2. The van der Waals surface area contributed by atoms with E-state index in [-0.39, 0.29) is 23.1 Å². The first-order valence-electron chi connectivity index (χ1n) is 9.22. The van der Waals surface area contributed by atoms with Crippen molar-refractivity contribution >= 4 is 23.2 Å². The lowest BCUT2D eigenvalue weighted by atomic mass is 9.88. The zero-order valence-electron chi connectivity index (χ0n) is 15.2. The number of benzene rings is 2. The molecule has 0 radical (unpaired) electrons. The molecule has 1 fully saturated rings. The number of carbonyl (C=O) groups is 2. The summed E-state index contributed by atoms with van der Waals surface area (Å²) in [6, 6.07) is 10.8. The van der Waals surface area contributed by atoms with Crippen LogP contribution in [0.5, 0.6) is 0 Å². The van der Waals surface area contributed by atoms with E-state index in [0.717, 1.165) is 44.2 Å². The molecule has 0 saturated heterocycles. The van der Waals surface area contributed by atoms with Crippen LogP contribution in [0.1, 0.15) is 48.0 Å². The molecule has 0 aromatic heterocycles. The lowest BCUT2D eigenvalue weighted by molar-refractivity contribution is -0.137. The van der Waals surface area contributed by atoms with E-state index in [4.69, 9.17) is 0 Å². The first kappa shape index (κ1) is 19.9. The van der Waals surface area contributed by atoms with Gasteiger partial charge in [0.25, 0.3) is 5.91 Å². The maximum atomic E-state index is 12.8. The van der Waals surface area contributed by atoms with Crippen LogP contribution < -0.4 is 10.6 Å². The summed E-state index contributed by atoms with van der Waals surface area (Å²) in [6.07, 6.45) is 0.469. The van der Waals surface area contributed by atoms with Gasteiger partial charge in [0.1, 0.15) is 0 Å². The van der Waals surface area contributed by atoms with E-state index >= 15 is 0 Å². The molecule has 1 aliphatic rings. The average Bonchev–Trinajstić information content (AvgIpc) is 2.68. The molecule has 2 aromatic carbocycles. The second-order valence-corrected chi connectivity index (χ2v) is 6.94. The maximum Gasteiger partial charge on any atom is 0.416 e. The number of hydrogen-bond donors (Lipinski definition) is 2. The van der Waals surface area contributed by atoms with Gasteiger partial charge < -0.3 is 10.6 Å². The van der Waals surface area contributed by atoms with Crippen molar-refractivity contribution in [3.05, 3.63) is 59.7 Å². The lowest BCUT2D eigenvalue weighted by Crippen LogP contribution is -2.24. The Labute approximate surface area is 161 Å². The molecule has 1 saturated carbocycles. The Morgan fingerprint density at radius 3 is 2.18 bits per heavy atom. The summed E-state index contributed by atoms with van der Waals surface area (Å²) < 4.78 is 38.4. The van der Waals surface area contributed by atoms with Crippen LogP contribution in [-0.4, -0.2) is 11.8 Å². The first-order chi connectivity index (χ1) is 13.3. The molecule has 2 aromatic rings. The first-order valence-corrected chi connectivity index (χ1v) is 9.22. The average molecular weight is 390 g/mol. The summed E-state index contributed by atoms with van der Waals surface area (Å²) in [7, 11) is 0. The molecule has 3 rings (SSSR count). The second-order valence-electron chi connectivity index (χ2n) is 6.94. The highest BCUT2D eigenvalue weighted by Gasteiger charge is 2.30. The smallest absolute Gasteiger partial charge is 0.326 e. The van der Waals surface area contributed by atoms with Crippen LogP contribution in [0.15, 0.2) is 48.5 Å². The molecule has 2 amide bonds. The van der Waals surface area contributed by atoms with Gasteiger partial charge in [0.2, 0.25) is 5.91 Å². The Kier molecular flexibility index (Phi) is 6.02. The third-order valence-electron chi connectivity index (χ3n) is 4.82. The van der Waals surface area contributed by atoms with Crippen molar-refractivity contribution in [2.45, 2.75) is 38.3 Å². The highest BCUT2D eigenvalue weighted by Crippen LogP contribution is 2.31. The Morgan fingerprint density at radius 2 is 1.50 bits per heavy atom. The van der Waals surface area contributed by atoms with Gasteiger partial charge >= 0.3 is 6.18 Å². The highest BCUT2D eigenvalue weighted by atomic mass is 19.4. The Bertz CT molecular complexity index is 859. The van der Waals surface area contributed by atoms with Gasteiger partial charge in [-0.05, 0) is 49.2 Å². The molecule has 0 unspecified atom stereocenters. The van der Waals surface area contributed by atoms with Gasteiger partial charge in [-0.3, -0.25) is 9.59 Å². The van der Waals surface area contributed by atoms with E-state index < -0.39 is 17.6 Å². The van der Waals surface area contributed by atoms with Crippen LogP contribution in [0.2, 0.25) is 0 Å². The minimum Gasteiger partial charge on any atom is -0.326 e. The zero-order valence-corrected chi connectivity index (χ0v) is 15.2. The third kappa shape index (κ3) is 5.12. The predicted molar refractivity (Wildman–Crippen MR) is 101 cm³/mol. The van der Waals surface area contributed by atoms with E-state index in [1.165, 1.54) is 18.2 Å². The third-order valence-corrected chi connectivity index (χ3v) is 4.82. The second kappa shape index (κ2) is 8.46. The molecule has 28 heavy (non-hydrogen) atoms. The summed E-state index contributed by atoms with van der Waals surface area (Å²) in [4.78, 5) is 24.8. The molecular formula is C21H21F3N2O2. The number of rotatable bonds is 4. The van der Waals surface area contributed by atoms with Crippen LogP contribution in [0, 0.1) is 5.92 Å². The number of halogens is 3. The van der Waals surface area contributed by atoms with E-state index in [2.05, 4.69) is 10.6 Å². The van der Waals surface area contributed by atoms with Crippen LogP contribution >= 0.6 is 0 Å². The summed E-state index contributed by atoms with van der Waals surface area (Å²) in [5.41, 5.74) is -0.0404. The van der Waals surface area contributed by atoms with E-state index in [1.54, 1.807) is 18.2 Å². The Morgan fingerprint density at radius 1 is 0.857 bits per heavy atom. The largest absolute Gasteiger partial charge is 0.416 e. The maximum absolute atomic E-state index is 12.8. The monoisotopic (exact) mass is 390 g/mol. The fourth-order valence-corrected chi connectivity index (χ4v) is 3.32. The minimum absolute atomic E-state index is 0.0173. The number of hydrogen-bond acceptors (Lipinski definition) is 2. The number of carbonyl (C=O) groups excluding carboxylic acids is 2. The molecule has 2 N–H and O–H groups in total. The summed E-state index contributed by atoms with van der Waals surface area (Å²) in [5, 5.41) is 5.30. The standard InChI is InChI=1S/C21H21F3N2O2/c22-21(23,24)16-9-5-11-18(13-16)26-20(28)15-8-4-10-17(12-15)25-19(27)14-6-2-1-3-7-14/h4-5,8-14H,1-3,6-7H2,(H,25,27)(H,26,28). The fraction of sp³-hybridized carbons (Fsp3) is 0.333. The number of alkyl halides is 3. The molecule has 0 aliphatic heterocycles. The molecule has 0 bridgehead atoms. The van der Waals surface area contributed by atoms with Gasteiger partial charge in [-0.15, -0.1) is 0 Å². The van der Waals surface area contributed by atoms with Crippen molar-refractivity contribution in [1.82, 2.24) is 0 Å². The van der Waals surface area contributed by atoms with Crippen molar-refractivity contribution in [1.29, 1.82) is 0 Å². The summed E-state index contributed by atoms with van der Waals surface area (Å²) in [6.45, 7) is 0. The van der Waals surface area contributed by atoms with Crippen molar-refractivity contribution < 1.29 is 22.8 Å². The van der Waals surface area contributed by atoms with E-state index in [9.17, 15) is 22.8 Å². The molecule has 1 aliphatic carbocycles. The molecule has 0 heterocycles. The number of nitrogens with one attached hydrogen (secondary N) is 2. The zero-order chi connectivity index (χ0) is 20.1. The molecule has 4 nitrogen and oxygen atoms in total. The van der Waals surface area contributed by atoms with Gasteiger partial charge in [0.05, 0.1) is 5.56 Å². The van der Waals surface area contributed by atoms with Gasteiger partial charge in [0.15, 0.2) is 0 Å². The topological polar surface area (TPSA) is 58.2 Å². The molecular weight excluding hydrogens is 369 g/mol. The minimum atomic E-state index is -4.48. The van der Waals surface area contributed by atoms with Crippen molar-refractivity contribution in [3.8, 4) is 0 Å². The normalized spacial score (nSPS) is 15.1. The molecule has 0 spiro atoms. The highest BCUT2D eigenvalue weighted by molar-refractivity contribution is 6.05. The van der Waals surface area contributed by atoms with Gasteiger partial charge in [-0.25, -0.2) is 0 Å². The molecule has 148 valence electrons. The Hall–Kier alpha value is -2.83. The van der Waals surface area contributed by atoms with Crippen LogP contribution in [0.4, 0.5) is 24.5 Å². The van der Waals surface area contributed by atoms with Crippen molar-refractivity contribution in [2.24, 2.45) is 5.92 Å². The van der Waals surface area contributed by atoms with Crippen molar-refractivity contribution in [3.63, 3.8) is 0 Å². The van der Waals surface area contributed by atoms with Gasteiger partial charge in [-0.1, -0.05) is 31.4 Å². The number of amides is 2. The van der Waals surface area contributed by atoms with Gasteiger partial charge in [0, 0.05) is 22.9 Å². The van der Waals surface area contributed by atoms with Crippen LogP contribution in [0.3, 0.4) is 0 Å². The Balaban J connectivity index is 1.68. The van der Waals surface area contributed by atoms with Crippen LogP contribution in [0.25, 0.3) is 0 Å². The van der Waals surface area contributed by atoms with Crippen molar-refractivity contribution in [2.75, 3.05) is 10.6 Å². The van der Waals surface area contributed by atoms with E-state index in [1.807, 2.05) is 0 Å². The van der Waals surface area contributed by atoms with Gasteiger partial charge in [-0.2, -0.15) is 13.2 Å². The summed E-state index contributed by atoms with van der Waals surface area (Å²) in [5.74, 6) is -0.625. The van der Waals surface area contributed by atoms with E-state index in [0.29, 0.717) is 5.69 Å². The molecule has 7 heteroatoms. The molecule has 0 atom stereocenters. The van der Waals surface area contributed by atoms with Crippen LogP contribution in [-0.2, 0) is 11.0 Å². The fourth-order valence-electron chi connectivity index (χ4n) is 3.32. The predicted octanol–water partition coefficient (Wildman–Crippen LogP) is 5.48.